The third kappa shape index (κ3) is 3.67. The molecule has 128 valence electrons. The van der Waals surface area contributed by atoms with Crippen LogP contribution < -0.4 is 10.5 Å². The summed E-state index contributed by atoms with van der Waals surface area (Å²) < 4.78 is 38.7. The number of alkyl halides is 3. The maximum Gasteiger partial charge on any atom is 0.416 e. The summed E-state index contributed by atoms with van der Waals surface area (Å²) in [7, 11) is 0. The van der Waals surface area contributed by atoms with Crippen LogP contribution in [0.15, 0.2) is 52.3 Å². The van der Waals surface area contributed by atoms with Gasteiger partial charge < -0.3 is 4.98 Å². The summed E-state index contributed by atoms with van der Waals surface area (Å²) in [6.45, 7) is 0. The highest BCUT2D eigenvalue weighted by Crippen LogP contribution is 2.38. The number of hydrogen-bond acceptors (Lipinski definition) is 4. The average molecular weight is 382 g/mol. The fourth-order valence-electron chi connectivity index (χ4n) is 2.21. The summed E-state index contributed by atoms with van der Waals surface area (Å²) >= 11 is 6.10. The van der Waals surface area contributed by atoms with Crippen molar-refractivity contribution in [1.82, 2.24) is 4.98 Å². The number of nitrogens with zero attached hydrogens (tertiary/aromatic N) is 1. The van der Waals surface area contributed by atoms with Crippen LogP contribution in [0.3, 0.4) is 0 Å². The van der Waals surface area contributed by atoms with Crippen molar-refractivity contribution in [3.8, 4) is 0 Å². The Balaban J connectivity index is 1.96. The van der Waals surface area contributed by atoms with Crippen LogP contribution in [0.2, 0.25) is 0 Å². The SMILES string of the molecule is O=C1C(=Cc2cc[nH]c(=O)c2)SC(=S)N1c1cccc(C(F)(F)F)c1. The number of halogens is 3. The van der Waals surface area contributed by atoms with Gasteiger partial charge in [0.15, 0.2) is 4.32 Å². The Morgan fingerprint density at radius 2 is 1.92 bits per heavy atom. The van der Waals surface area contributed by atoms with Crippen LogP contribution in [-0.2, 0) is 11.0 Å². The summed E-state index contributed by atoms with van der Waals surface area (Å²) in [6.07, 6.45) is -1.61. The summed E-state index contributed by atoms with van der Waals surface area (Å²) in [5, 5.41) is 0. The number of nitrogens with one attached hydrogen (secondary N) is 1. The number of thioether (sulfide) groups is 1. The summed E-state index contributed by atoms with van der Waals surface area (Å²) in [5.74, 6) is -0.533. The van der Waals surface area contributed by atoms with Crippen LogP contribution in [0.1, 0.15) is 11.1 Å². The highest BCUT2D eigenvalue weighted by molar-refractivity contribution is 8.27. The van der Waals surface area contributed by atoms with Gasteiger partial charge in [-0.2, -0.15) is 13.2 Å². The molecular weight excluding hydrogens is 373 g/mol. The van der Waals surface area contributed by atoms with Gasteiger partial charge in [0.25, 0.3) is 5.91 Å². The Hall–Kier alpha value is -2.39. The Kier molecular flexibility index (Phi) is 4.53. The number of amides is 1. The lowest BCUT2D eigenvalue weighted by Gasteiger charge is -2.16. The third-order valence-electron chi connectivity index (χ3n) is 3.32. The second-order valence-corrected chi connectivity index (χ2v) is 6.73. The van der Waals surface area contributed by atoms with Crippen LogP contribution >= 0.6 is 24.0 Å². The molecule has 1 amide bonds. The molecule has 0 bridgehead atoms. The lowest BCUT2D eigenvalue weighted by atomic mass is 10.2. The van der Waals surface area contributed by atoms with E-state index in [9.17, 15) is 22.8 Å². The molecule has 4 nitrogen and oxygen atoms in total. The lowest BCUT2D eigenvalue weighted by Crippen LogP contribution is -2.27. The molecule has 0 unspecified atom stereocenters. The predicted octanol–water partition coefficient (Wildman–Crippen LogP) is 3.80. The van der Waals surface area contributed by atoms with Gasteiger partial charge in [0.1, 0.15) is 0 Å². The molecule has 9 heteroatoms. The Labute approximate surface area is 149 Å². The van der Waals surface area contributed by atoms with Crippen LogP contribution in [-0.4, -0.2) is 15.2 Å². The summed E-state index contributed by atoms with van der Waals surface area (Å²) in [5.41, 5.74) is -0.653. The van der Waals surface area contributed by atoms with Gasteiger partial charge in [0.2, 0.25) is 5.56 Å². The van der Waals surface area contributed by atoms with E-state index < -0.39 is 17.6 Å². The zero-order valence-corrected chi connectivity index (χ0v) is 14.0. The van der Waals surface area contributed by atoms with Crippen molar-refractivity contribution in [2.45, 2.75) is 6.18 Å². The van der Waals surface area contributed by atoms with Crippen LogP contribution in [0.5, 0.6) is 0 Å². The molecule has 1 saturated heterocycles. The molecule has 1 aliphatic heterocycles. The maximum absolute atomic E-state index is 12.9. The van der Waals surface area contributed by atoms with Gasteiger partial charge in [-0.1, -0.05) is 30.0 Å². The fraction of sp³-hybridized carbons (Fsp3) is 0.0625. The quantitative estimate of drug-likeness (QED) is 0.634. The molecule has 1 aliphatic rings. The number of H-pyrrole nitrogens is 1. The number of rotatable bonds is 2. The number of aromatic amines is 1. The largest absolute Gasteiger partial charge is 0.416 e. The summed E-state index contributed by atoms with van der Waals surface area (Å²) in [6, 6.07) is 7.30. The number of hydrogen-bond donors (Lipinski definition) is 1. The van der Waals surface area contributed by atoms with Crippen LogP contribution in [0.4, 0.5) is 18.9 Å². The second kappa shape index (κ2) is 6.49. The number of thiocarbonyl (C=S) groups is 1. The number of carbonyl (C=O) groups is 1. The van der Waals surface area contributed by atoms with Gasteiger partial charge in [-0.15, -0.1) is 0 Å². The molecular formula is C16H9F3N2O2S2. The topological polar surface area (TPSA) is 53.2 Å². The summed E-state index contributed by atoms with van der Waals surface area (Å²) in [4.78, 5) is 27.6. The lowest BCUT2D eigenvalue weighted by molar-refractivity contribution is -0.137. The van der Waals surface area contributed by atoms with Crippen molar-refractivity contribution in [3.63, 3.8) is 0 Å². The van der Waals surface area contributed by atoms with Gasteiger partial charge in [0, 0.05) is 12.3 Å². The van der Waals surface area contributed by atoms with Gasteiger partial charge >= 0.3 is 6.18 Å². The van der Waals surface area contributed by atoms with Crippen molar-refractivity contribution in [1.29, 1.82) is 0 Å². The normalized spacial score (nSPS) is 16.8. The zero-order valence-electron chi connectivity index (χ0n) is 12.3. The van der Waals surface area contributed by atoms with Crippen molar-refractivity contribution in [2.24, 2.45) is 0 Å². The molecule has 3 rings (SSSR count). The smallest absolute Gasteiger partial charge is 0.329 e. The fourth-order valence-corrected chi connectivity index (χ4v) is 3.51. The molecule has 25 heavy (non-hydrogen) atoms. The van der Waals surface area contributed by atoms with E-state index in [1.807, 2.05) is 0 Å². The Morgan fingerprint density at radius 1 is 1.16 bits per heavy atom. The first-order valence-electron chi connectivity index (χ1n) is 6.90. The van der Waals surface area contributed by atoms with Gasteiger partial charge in [-0.25, -0.2) is 0 Å². The highest BCUT2D eigenvalue weighted by Gasteiger charge is 2.36. The number of benzene rings is 1. The molecule has 0 saturated carbocycles. The van der Waals surface area contributed by atoms with Crippen molar-refractivity contribution < 1.29 is 18.0 Å². The van der Waals surface area contributed by atoms with E-state index in [-0.39, 0.29) is 20.5 Å². The minimum absolute atomic E-state index is 0.0478. The molecule has 2 heterocycles. The average Bonchev–Trinajstić information content (AvgIpc) is 2.81. The Morgan fingerprint density at radius 3 is 2.60 bits per heavy atom. The van der Waals surface area contributed by atoms with Gasteiger partial charge in [-0.3, -0.25) is 14.5 Å². The van der Waals surface area contributed by atoms with E-state index in [2.05, 4.69) is 4.98 Å². The monoisotopic (exact) mass is 382 g/mol. The molecule has 1 aromatic carbocycles. The van der Waals surface area contributed by atoms with E-state index in [0.29, 0.717) is 5.56 Å². The number of anilines is 1. The molecule has 2 aromatic rings. The van der Waals surface area contributed by atoms with Crippen molar-refractivity contribution in [3.05, 3.63) is 69.0 Å². The van der Waals surface area contributed by atoms with Crippen molar-refractivity contribution >= 4 is 46.0 Å². The van der Waals surface area contributed by atoms with E-state index in [1.54, 1.807) is 6.07 Å². The zero-order chi connectivity index (χ0) is 18.2. The van der Waals surface area contributed by atoms with E-state index in [4.69, 9.17) is 12.2 Å². The second-order valence-electron chi connectivity index (χ2n) is 5.05. The molecule has 1 N–H and O–H groups in total. The number of aromatic nitrogens is 1. The molecule has 0 aliphatic carbocycles. The predicted molar refractivity (Wildman–Crippen MR) is 94.2 cm³/mol. The first kappa shape index (κ1) is 17.4. The first-order chi connectivity index (χ1) is 11.8. The minimum Gasteiger partial charge on any atom is -0.329 e. The molecule has 0 atom stereocenters. The minimum atomic E-state index is -4.52. The molecule has 0 spiro atoms. The van der Waals surface area contributed by atoms with Crippen LogP contribution in [0, 0.1) is 0 Å². The van der Waals surface area contributed by atoms with Crippen molar-refractivity contribution in [2.75, 3.05) is 4.90 Å². The van der Waals surface area contributed by atoms with E-state index >= 15 is 0 Å². The molecule has 1 aromatic heterocycles. The van der Waals surface area contributed by atoms with E-state index in [0.717, 1.165) is 28.8 Å². The van der Waals surface area contributed by atoms with Crippen LogP contribution in [0.25, 0.3) is 6.08 Å². The number of pyridine rings is 1. The van der Waals surface area contributed by atoms with E-state index in [1.165, 1.54) is 30.5 Å². The molecule has 1 fully saturated rings. The number of carbonyl (C=O) groups excluding carboxylic acids is 1. The molecule has 0 radical (unpaired) electrons. The first-order valence-corrected chi connectivity index (χ1v) is 8.12. The Bertz CT molecular complexity index is 951. The third-order valence-corrected chi connectivity index (χ3v) is 4.62. The standard InChI is InChI=1S/C16H9F3N2O2S2/c17-16(18,19)10-2-1-3-11(8-10)21-14(23)12(25-15(21)24)6-9-4-5-20-13(22)7-9/h1-8H,(H,20,22). The van der Waals surface area contributed by atoms with Gasteiger partial charge in [0.05, 0.1) is 16.2 Å². The van der Waals surface area contributed by atoms with Gasteiger partial charge in [-0.05, 0) is 35.9 Å². The highest BCUT2D eigenvalue weighted by atomic mass is 32.2. The maximum atomic E-state index is 12.9.